The van der Waals surface area contributed by atoms with Crippen LogP contribution in [-0.2, 0) is 20.7 Å². The maximum absolute atomic E-state index is 12.3. The number of benzene rings is 2. The van der Waals surface area contributed by atoms with Crippen molar-refractivity contribution in [1.82, 2.24) is 5.32 Å². The Morgan fingerprint density at radius 2 is 1.74 bits per heavy atom. The number of alkyl carbamates (subject to hydrolysis) is 1. The minimum Gasteiger partial charge on any atom is -0.445 e. The third-order valence-corrected chi connectivity index (χ3v) is 6.39. The molecule has 1 saturated heterocycles. The lowest BCUT2D eigenvalue weighted by atomic mass is 9.77. The molecule has 31 heavy (non-hydrogen) atoms. The van der Waals surface area contributed by atoms with Gasteiger partial charge in [-0.15, -0.1) is 0 Å². The van der Waals surface area contributed by atoms with Gasteiger partial charge in [0.1, 0.15) is 6.61 Å². The molecule has 1 amide bonds. The normalized spacial score (nSPS) is 17.5. The fourth-order valence-corrected chi connectivity index (χ4v) is 3.70. The molecule has 1 aliphatic rings. The van der Waals surface area contributed by atoms with Crippen molar-refractivity contribution in [3.63, 3.8) is 0 Å². The Kier molecular flexibility index (Phi) is 7.29. The van der Waals surface area contributed by atoms with E-state index in [1.54, 1.807) is 0 Å². The van der Waals surface area contributed by atoms with Crippen molar-refractivity contribution in [1.29, 1.82) is 0 Å². The topological polar surface area (TPSA) is 56.8 Å². The minimum absolute atomic E-state index is 0.214. The zero-order valence-corrected chi connectivity index (χ0v) is 20.3. The molecule has 2 aromatic rings. The lowest BCUT2D eigenvalue weighted by Gasteiger charge is -2.32. The summed E-state index contributed by atoms with van der Waals surface area (Å²) in [5.74, 6) is 0. The molecule has 0 unspecified atom stereocenters. The summed E-state index contributed by atoms with van der Waals surface area (Å²) in [5, 5.41) is 2.83. The molecule has 5 nitrogen and oxygen atoms in total. The minimum atomic E-state index is -0.576. The van der Waals surface area contributed by atoms with Crippen LogP contribution in [0.25, 0.3) is 6.08 Å². The zero-order chi connectivity index (χ0) is 22.6. The van der Waals surface area contributed by atoms with Crippen LogP contribution < -0.4 is 5.32 Å². The maximum Gasteiger partial charge on any atom is 0.492 e. The Hall–Kier alpha value is -2.09. The summed E-state index contributed by atoms with van der Waals surface area (Å²) in [7, 11) is -0.576. The SMILES string of the molecule is Cc1ccc(C=C(CNC(=O)OCc2ccccc2)B2OC(C)(C)C(C)(C)O2)c(Br)c1. The van der Waals surface area contributed by atoms with E-state index in [4.69, 9.17) is 14.0 Å². The first kappa shape index (κ1) is 23.6. The second kappa shape index (κ2) is 9.59. The molecule has 0 aromatic heterocycles. The van der Waals surface area contributed by atoms with E-state index in [0.29, 0.717) is 0 Å². The number of amides is 1. The Morgan fingerprint density at radius 3 is 2.35 bits per heavy atom. The molecule has 0 aliphatic carbocycles. The molecule has 0 bridgehead atoms. The molecule has 0 spiro atoms. The lowest BCUT2D eigenvalue weighted by molar-refractivity contribution is 0.00578. The highest BCUT2D eigenvalue weighted by atomic mass is 79.9. The first-order chi connectivity index (χ1) is 14.6. The Labute approximate surface area is 193 Å². The summed E-state index contributed by atoms with van der Waals surface area (Å²) >= 11 is 3.62. The van der Waals surface area contributed by atoms with Gasteiger partial charge in [-0.1, -0.05) is 64.5 Å². The molecule has 1 heterocycles. The van der Waals surface area contributed by atoms with Crippen molar-refractivity contribution >= 4 is 35.2 Å². The van der Waals surface area contributed by atoms with Crippen molar-refractivity contribution in [3.8, 4) is 0 Å². The predicted octanol–water partition coefficient (Wildman–Crippen LogP) is 5.70. The lowest BCUT2D eigenvalue weighted by Crippen LogP contribution is -2.41. The second-order valence-corrected chi connectivity index (χ2v) is 9.60. The highest BCUT2D eigenvalue weighted by Crippen LogP contribution is 2.39. The van der Waals surface area contributed by atoms with E-state index >= 15 is 0 Å². The first-order valence-corrected chi connectivity index (χ1v) is 11.1. The van der Waals surface area contributed by atoms with Crippen molar-refractivity contribution in [2.45, 2.75) is 52.4 Å². The van der Waals surface area contributed by atoms with E-state index in [-0.39, 0.29) is 13.2 Å². The average molecular weight is 486 g/mol. The smallest absolute Gasteiger partial charge is 0.445 e. The number of carbonyl (C=O) groups excluding carboxylic acids is 1. The summed E-state index contributed by atoms with van der Waals surface area (Å²) in [5.41, 5.74) is 2.92. The molecule has 0 radical (unpaired) electrons. The van der Waals surface area contributed by atoms with E-state index in [2.05, 4.69) is 27.3 Å². The predicted molar refractivity (Wildman–Crippen MR) is 128 cm³/mol. The fourth-order valence-electron chi connectivity index (χ4n) is 3.09. The molecule has 0 atom stereocenters. The number of nitrogens with one attached hydrogen (secondary N) is 1. The summed E-state index contributed by atoms with van der Waals surface area (Å²) in [6.07, 6.45) is 1.50. The van der Waals surface area contributed by atoms with Crippen LogP contribution >= 0.6 is 15.9 Å². The molecule has 0 saturated carbocycles. The van der Waals surface area contributed by atoms with Crippen LogP contribution in [0.4, 0.5) is 4.79 Å². The quantitative estimate of drug-likeness (QED) is 0.533. The number of halogens is 1. The number of hydrogen-bond acceptors (Lipinski definition) is 4. The van der Waals surface area contributed by atoms with Crippen LogP contribution in [0, 0.1) is 6.92 Å². The van der Waals surface area contributed by atoms with Gasteiger partial charge in [0.05, 0.1) is 11.2 Å². The van der Waals surface area contributed by atoms with Crippen LogP contribution in [0.5, 0.6) is 0 Å². The molecular weight excluding hydrogens is 457 g/mol. The highest BCUT2D eigenvalue weighted by molar-refractivity contribution is 9.10. The van der Waals surface area contributed by atoms with E-state index in [1.807, 2.05) is 83.2 Å². The largest absolute Gasteiger partial charge is 0.492 e. The zero-order valence-electron chi connectivity index (χ0n) is 18.7. The molecule has 2 aromatic carbocycles. The van der Waals surface area contributed by atoms with Crippen molar-refractivity contribution in [2.75, 3.05) is 6.54 Å². The van der Waals surface area contributed by atoms with E-state index in [1.165, 1.54) is 0 Å². The number of carbonyl (C=O) groups is 1. The van der Waals surface area contributed by atoms with Crippen molar-refractivity contribution < 1.29 is 18.8 Å². The average Bonchev–Trinajstić information content (AvgIpc) is 2.93. The highest BCUT2D eigenvalue weighted by Gasteiger charge is 2.52. The Balaban J connectivity index is 1.74. The van der Waals surface area contributed by atoms with Gasteiger partial charge in [-0.25, -0.2) is 4.79 Å². The van der Waals surface area contributed by atoms with E-state index < -0.39 is 24.4 Å². The third kappa shape index (κ3) is 6.00. The molecule has 164 valence electrons. The summed E-state index contributed by atoms with van der Waals surface area (Å²) in [4.78, 5) is 12.3. The van der Waals surface area contributed by atoms with Crippen LogP contribution in [0.2, 0.25) is 0 Å². The molecule has 1 aliphatic heterocycles. The van der Waals surface area contributed by atoms with Crippen molar-refractivity contribution in [3.05, 3.63) is 75.2 Å². The second-order valence-electron chi connectivity index (χ2n) is 8.75. The van der Waals surface area contributed by atoms with E-state index in [9.17, 15) is 4.79 Å². The third-order valence-electron chi connectivity index (χ3n) is 5.70. The fraction of sp³-hybridized carbons (Fsp3) is 0.375. The van der Waals surface area contributed by atoms with Gasteiger partial charge >= 0.3 is 13.2 Å². The number of hydrogen-bond donors (Lipinski definition) is 1. The molecule has 1 N–H and O–H groups in total. The van der Waals surface area contributed by atoms with Crippen LogP contribution in [0.3, 0.4) is 0 Å². The number of aryl methyl sites for hydroxylation is 1. The van der Waals surface area contributed by atoms with Crippen LogP contribution in [0.15, 0.2) is 58.5 Å². The standard InChI is InChI=1S/C24H29BBrNO4/c1-17-11-12-19(21(26)13-17)14-20(25-30-23(2,3)24(4,5)31-25)15-27-22(28)29-16-18-9-7-6-8-10-18/h6-14H,15-16H2,1-5H3,(H,27,28). The first-order valence-electron chi connectivity index (χ1n) is 10.3. The van der Waals surface area contributed by atoms with Gasteiger partial charge in [0.25, 0.3) is 0 Å². The summed E-state index contributed by atoms with van der Waals surface area (Å²) < 4.78 is 18.8. The Bertz CT molecular complexity index is 943. The summed E-state index contributed by atoms with van der Waals surface area (Å²) in [6.45, 7) is 10.5. The van der Waals surface area contributed by atoms with Gasteiger partial charge in [0, 0.05) is 11.0 Å². The molecule has 3 rings (SSSR count). The number of rotatable bonds is 6. The van der Waals surface area contributed by atoms with Gasteiger partial charge in [0.15, 0.2) is 0 Å². The van der Waals surface area contributed by atoms with Crippen molar-refractivity contribution in [2.24, 2.45) is 0 Å². The number of ether oxygens (including phenoxy) is 1. The summed E-state index contributed by atoms with van der Waals surface area (Å²) in [6, 6.07) is 15.7. The van der Waals surface area contributed by atoms with Gasteiger partial charge < -0.3 is 19.4 Å². The monoisotopic (exact) mass is 485 g/mol. The van der Waals surface area contributed by atoms with Gasteiger partial charge in [0.2, 0.25) is 0 Å². The molecular formula is C24H29BBrNO4. The van der Waals surface area contributed by atoms with Gasteiger partial charge in [-0.05, 0) is 62.8 Å². The van der Waals surface area contributed by atoms with Gasteiger partial charge in [-0.3, -0.25) is 0 Å². The maximum atomic E-state index is 12.3. The molecule has 7 heteroatoms. The van der Waals surface area contributed by atoms with Crippen LogP contribution in [-0.4, -0.2) is 31.0 Å². The van der Waals surface area contributed by atoms with E-state index in [0.717, 1.165) is 26.6 Å². The van der Waals surface area contributed by atoms with Gasteiger partial charge in [-0.2, -0.15) is 0 Å². The Morgan fingerprint density at radius 1 is 1.10 bits per heavy atom. The van der Waals surface area contributed by atoms with Crippen LogP contribution in [0.1, 0.15) is 44.4 Å². The molecule has 1 fully saturated rings.